The second-order valence-corrected chi connectivity index (χ2v) is 7.56. The average molecular weight is 472 g/mol. The molecule has 6 unspecified atom stereocenters. The zero-order valence-electron chi connectivity index (χ0n) is 14.7. The quantitative estimate of drug-likeness (QED) is 0.371. The van der Waals surface area contributed by atoms with Crippen LogP contribution in [0.1, 0.15) is 66.2 Å². The van der Waals surface area contributed by atoms with Crippen molar-refractivity contribution >= 4 is 6.29 Å². The third-order valence-corrected chi connectivity index (χ3v) is 6.62. The molecule has 0 aromatic carbocycles. The maximum Gasteiger partial charge on any atom is 2.00 e. The Balaban J connectivity index is 0.000000775. The second-order valence-electron chi connectivity index (χ2n) is 7.56. The molecule has 2 heteroatoms. The molecule has 0 aromatic rings. The Bertz CT molecular complexity index is 403. The van der Waals surface area contributed by atoms with Crippen molar-refractivity contribution in [3.63, 3.8) is 0 Å². The molecule has 0 spiro atoms. The molecule has 124 valence electrons. The minimum Gasteiger partial charge on any atom is -0.419 e. The van der Waals surface area contributed by atoms with Crippen molar-refractivity contribution in [3.05, 3.63) is 18.6 Å². The van der Waals surface area contributed by atoms with Crippen molar-refractivity contribution in [3.8, 4) is 0 Å². The minimum atomic E-state index is 0. The molecule has 3 aliphatic carbocycles. The van der Waals surface area contributed by atoms with Crippen LogP contribution in [0.5, 0.6) is 0 Å². The van der Waals surface area contributed by atoms with Crippen LogP contribution < -0.4 is 0 Å². The van der Waals surface area contributed by atoms with Crippen LogP contribution in [0.3, 0.4) is 0 Å². The minimum absolute atomic E-state index is 0. The third-order valence-electron chi connectivity index (χ3n) is 6.62. The molecule has 0 aromatic heterocycles. The molecular weight excluding hydrogens is 440 g/mol. The van der Waals surface area contributed by atoms with Crippen LogP contribution in [-0.4, -0.2) is 6.29 Å². The van der Waals surface area contributed by atoms with Crippen molar-refractivity contribution in [2.24, 2.45) is 35.0 Å². The molecule has 1 nitrogen and oxygen atoms in total. The molecule has 0 bridgehead atoms. The van der Waals surface area contributed by atoms with Gasteiger partial charge >= 0.3 is 21.1 Å². The summed E-state index contributed by atoms with van der Waals surface area (Å²) in [6.07, 6.45) is 11.7. The number of hydrogen-bond acceptors (Lipinski definition) is 1. The van der Waals surface area contributed by atoms with E-state index in [0.29, 0.717) is 23.2 Å². The van der Waals surface area contributed by atoms with Gasteiger partial charge in [-0.05, 0) is 42.8 Å². The molecule has 0 heterocycles. The number of fused-ring (bicyclic) bond motifs is 3. The van der Waals surface area contributed by atoms with Crippen LogP contribution >= 0.6 is 0 Å². The first-order chi connectivity index (χ1) is 10.1. The van der Waals surface area contributed by atoms with Gasteiger partial charge in [-0.25, -0.2) is 11.5 Å². The normalized spacial score (nSPS) is 45.0. The van der Waals surface area contributed by atoms with Gasteiger partial charge in [0.15, 0.2) is 0 Å². The van der Waals surface area contributed by atoms with Crippen molar-refractivity contribution in [2.75, 3.05) is 0 Å². The van der Waals surface area contributed by atoms with Gasteiger partial charge in [-0.3, -0.25) is 0 Å². The summed E-state index contributed by atoms with van der Waals surface area (Å²) in [5.74, 6) is 3.53. The van der Waals surface area contributed by atoms with Crippen LogP contribution in [0, 0.1) is 41.9 Å². The van der Waals surface area contributed by atoms with E-state index < -0.39 is 0 Å². The van der Waals surface area contributed by atoms with E-state index >= 15 is 0 Å². The predicted molar refractivity (Wildman–Crippen MR) is 89.4 cm³/mol. The summed E-state index contributed by atoms with van der Waals surface area (Å²) in [5, 5.41) is 0. The summed E-state index contributed by atoms with van der Waals surface area (Å²) in [4.78, 5) is 10.7. The molecule has 0 radical (unpaired) electrons. The molecule has 22 heavy (non-hydrogen) atoms. The standard InChI is InChI=1S/C18H26O.C2H6.W/c1-12-11-14(7-10-19)13(2)15-6-9-18(3)8-4-5-16(18)17(12)15;1-2;/h7,12-13,15-17H,2,4-6,8-9,11H2,1,3H3;1-2H3;/q-2;;+2/b14-7-;;. The first-order valence-corrected chi connectivity index (χ1v) is 8.96. The molecule has 0 N–H and O–H groups in total. The topological polar surface area (TPSA) is 17.1 Å². The Labute approximate surface area is 152 Å². The van der Waals surface area contributed by atoms with Gasteiger partial charge < -0.3 is 11.7 Å². The van der Waals surface area contributed by atoms with Crippen LogP contribution in [0.15, 0.2) is 11.6 Å². The molecule has 0 amide bonds. The summed E-state index contributed by atoms with van der Waals surface area (Å²) in [5.41, 5.74) is 1.86. The van der Waals surface area contributed by atoms with E-state index in [1.165, 1.54) is 37.7 Å². The van der Waals surface area contributed by atoms with Gasteiger partial charge in [-0.15, -0.1) is 0 Å². The van der Waals surface area contributed by atoms with Crippen LogP contribution in [-0.2, 0) is 25.9 Å². The summed E-state index contributed by atoms with van der Waals surface area (Å²) in [6.45, 7) is 13.3. The maximum absolute atomic E-state index is 10.7. The summed E-state index contributed by atoms with van der Waals surface area (Å²) < 4.78 is 0. The molecule has 3 aliphatic rings. The SMILES string of the molecule is CC.[CH2-]C1/C(=C\[C-]=O)CC(C)C2C1CCC1(C)CCCC21.[W+2]. The number of carbonyl (C=O) groups excluding carboxylic acids is 1. The second kappa shape index (κ2) is 8.27. The van der Waals surface area contributed by atoms with E-state index in [9.17, 15) is 4.79 Å². The van der Waals surface area contributed by atoms with Crippen molar-refractivity contribution < 1.29 is 25.9 Å². The molecular formula is C20H32OW. The monoisotopic (exact) mass is 472 g/mol. The van der Waals surface area contributed by atoms with E-state index in [0.717, 1.165) is 18.3 Å². The molecule has 0 saturated heterocycles. The summed E-state index contributed by atoms with van der Waals surface area (Å²) in [7, 11) is 0. The zero-order valence-corrected chi connectivity index (χ0v) is 17.7. The third kappa shape index (κ3) is 3.45. The fourth-order valence-electron chi connectivity index (χ4n) is 5.68. The van der Waals surface area contributed by atoms with Crippen molar-refractivity contribution in [2.45, 2.75) is 66.2 Å². The predicted octanol–water partition coefficient (Wildman–Crippen LogP) is 5.37. The smallest absolute Gasteiger partial charge is 0.419 e. The Morgan fingerprint density at radius 2 is 1.95 bits per heavy atom. The van der Waals surface area contributed by atoms with Gasteiger partial charge in [0, 0.05) is 0 Å². The first kappa shape index (κ1) is 20.1. The first-order valence-electron chi connectivity index (χ1n) is 8.96. The number of rotatable bonds is 1. The van der Waals surface area contributed by atoms with Crippen LogP contribution in [0.4, 0.5) is 0 Å². The summed E-state index contributed by atoms with van der Waals surface area (Å²) >= 11 is 0. The fraction of sp³-hybridized carbons (Fsp3) is 0.800. The Kier molecular flexibility index (Phi) is 7.57. The molecule has 0 aliphatic heterocycles. The van der Waals surface area contributed by atoms with E-state index in [4.69, 9.17) is 0 Å². The van der Waals surface area contributed by atoms with E-state index in [2.05, 4.69) is 20.8 Å². The average Bonchev–Trinajstić information content (AvgIpc) is 2.87. The zero-order chi connectivity index (χ0) is 15.6. The fourth-order valence-corrected chi connectivity index (χ4v) is 5.68. The van der Waals surface area contributed by atoms with Gasteiger partial charge in [-0.2, -0.15) is 6.08 Å². The largest absolute Gasteiger partial charge is 2.00 e. The molecule has 3 saturated carbocycles. The van der Waals surface area contributed by atoms with E-state index in [-0.39, 0.29) is 21.1 Å². The Hall–Kier alpha value is 0.0983. The van der Waals surface area contributed by atoms with Crippen LogP contribution in [0.2, 0.25) is 0 Å². The van der Waals surface area contributed by atoms with Crippen LogP contribution in [0.25, 0.3) is 0 Å². The van der Waals surface area contributed by atoms with Gasteiger partial charge in [0.05, 0.1) is 0 Å². The van der Waals surface area contributed by atoms with Gasteiger partial charge in [-0.1, -0.05) is 58.8 Å². The number of hydrogen-bond donors (Lipinski definition) is 0. The van der Waals surface area contributed by atoms with E-state index in [1.807, 2.05) is 20.1 Å². The molecule has 3 rings (SSSR count). The summed E-state index contributed by atoms with van der Waals surface area (Å²) in [6, 6.07) is 0. The molecule has 6 atom stereocenters. The maximum atomic E-state index is 10.7. The Morgan fingerprint density at radius 1 is 1.27 bits per heavy atom. The van der Waals surface area contributed by atoms with Gasteiger partial charge in [0.1, 0.15) is 0 Å². The van der Waals surface area contributed by atoms with Crippen molar-refractivity contribution in [1.29, 1.82) is 0 Å². The van der Waals surface area contributed by atoms with E-state index in [1.54, 1.807) is 6.08 Å². The molecule has 3 fully saturated rings. The van der Waals surface area contributed by atoms with Gasteiger partial charge in [0.25, 0.3) is 0 Å². The van der Waals surface area contributed by atoms with Crippen molar-refractivity contribution in [1.82, 2.24) is 0 Å². The van der Waals surface area contributed by atoms with Gasteiger partial charge in [0.2, 0.25) is 0 Å². The number of allylic oxidation sites excluding steroid dienone is 2. The Morgan fingerprint density at radius 3 is 2.59 bits per heavy atom.